The molecule has 0 saturated carbocycles. The Morgan fingerprint density at radius 3 is 2.68 bits per heavy atom. The van der Waals surface area contributed by atoms with E-state index in [1.807, 2.05) is 0 Å². The van der Waals surface area contributed by atoms with E-state index in [0.29, 0.717) is 36.0 Å². The number of fused-ring (bicyclic) bond motifs is 3. The van der Waals surface area contributed by atoms with E-state index in [9.17, 15) is 22.4 Å². The fourth-order valence-electron chi connectivity index (χ4n) is 4.40. The van der Waals surface area contributed by atoms with Crippen molar-refractivity contribution in [2.75, 3.05) is 25.5 Å². The average Bonchev–Trinajstić information content (AvgIpc) is 3.29. The Kier molecular flexibility index (Phi) is 5.62. The summed E-state index contributed by atoms with van der Waals surface area (Å²) in [4.78, 5) is 19.3. The van der Waals surface area contributed by atoms with Gasteiger partial charge in [0.05, 0.1) is 54.1 Å². The summed E-state index contributed by atoms with van der Waals surface area (Å²) in [6.07, 6.45) is -4.87. The number of nitrogens with zero attached hydrogens (tertiary/aromatic N) is 2. The highest BCUT2D eigenvalue weighted by atomic mass is 35.5. The van der Waals surface area contributed by atoms with Gasteiger partial charge in [-0.1, -0.05) is 17.7 Å². The number of halogens is 5. The van der Waals surface area contributed by atoms with Gasteiger partial charge in [0.15, 0.2) is 0 Å². The molecule has 6 nitrogen and oxygen atoms in total. The molecule has 0 bridgehead atoms. The molecule has 1 atom stereocenters. The number of morpholine rings is 1. The maximum absolute atomic E-state index is 13.8. The average molecular weight is 496 g/mol. The van der Waals surface area contributed by atoms with Crippen molar-refractivity contribution in [2.24, 2.45) is 0 Å². The highest BCUT2D eigenvalue weighted by molar-refractivity contribution is 6.34. The number of benzene rings is 2. The summed E-state index contributed by atoms with van der Waals surface area (Å²) in [5.74, 6) is -1.53. The minimum Gasteiger partial charge on any atom is -0.383 e. The van der Waals surface area contributed by atoms with Crippen molar-refractivity contribution in [1.29, 1.82) is 0 Å². The Morgan fingerprint density at radius 1 is 1.15 bits per heavy atom. The van der Waals surface area contributed by atoms with Crippen LogP contribution >= 0.6 is 11.6 Å². The number of aromatic nitrogens is 1. The van der Waals surface area contributed by atoms with Crippen LogP contribution in [-0.2, 0) is 28.9 Å². The monoisotopic (exact) mass is 495 g/mol. The molecule has 2 N–H and O–H groups in total. The number of alkyl halides is 3. The van der Waals surface area contributed by atoms with E-state index < -0.39 is 29.5 Å². The first-order valence-corrected chi connectivity index (χ1v) is 10.8. The highest BCUT2D eigenvalue weighted by Gasteiger charge is 2.37. The number of nitrogen functional groups attached to an aromatic ring is 1. The molecule has 3 aromatic rings. The van der Waals surface area contributed by atoms with Gasteiger partial charge in [-0.05, 0) is 35.4 Å². The lowest BCUT2D eigenvalue weighted by Gasteiger charge is -2.36. The molecule has 1 aromatic heterocycles. The zero-order chi connectivity index (χ0) is 24.2. The van der Waals surface area contributed by atoms with Crippen molar-refractivity contribution in [3.63, 3.8) is 0 Å². The molecule has 34 heavy (non-hydrogen) atoms. The van der Waals surface area contributed by atoms with Crippen LogP contribution in [0.4, 0.5) is 23.4 Å². The Balaban J connectivity index is 1.56. The van der Waals surface area contributed by atoms with Gasteiger partial charge in [0.25, 0.3) is 5.91 Å². The first-order chi connectivity index (χ1) is 16.1. The molecule has 2 aliphatic rings. The normalized spacial score (nSPS) is 18.4. The van der Waals surface area contributed by atoms with Crippen LogP contribution in [0.2, 0.25) is 5.02 Å². The van der Waals surface area contributed by atoms with Crippen LogP contribution in [-0.4, -0.2) is 35.5 Å². The van der Waals surface area contributed by atoms with Gasteiger partial charge < -0.3 is 20.1 Å². The predicted octanol–water partition coefficient (Wildman–Crippen LogP) is 4.87. The quantitative estimate of drug-likeness (QED) is 0.513. The van der Waals surface area contributed by atoms with E-state index in [1.54, 1.807) is 6.07 Å². The van der Waals surface area contributed by atoms with Crippen LogP contribution in [0.1, 0.15) is 38.7 Å². The molecular weight excluding hydrogens is 478 g/mol. The number of amides is 1. The Bertz CT molecular complexity index is 1320. The second-order valence-electron chi connectivity index (χ2n) is 8.12. The van der Waals surface area contributed by atoms with Crippen LogP contribution in [0.15, 0.2) is 30.3 Å². The third-order valence-corrected chi connectivity index (χ3v) is 6.43. The molecule has 1 saturated heterocycles. The maximum atomic E-state index is 13.8. The maximum Gasteiger partial charge on any atom is 0.419 e. The molecule has 1 fully saturated rings. The SMILES string of the molecule is Nc1nc2cc(Cl)c(C(=O)N3CCOC[C@@H]3c3ccc(F)c(C(F)(F)F)c3)cc2c2c1COC2. The van der Waals surface area contributed by atoms with E-state index >= 15 is 0 Å². The Labute approximate surface area is 196 Å². The molecule has 0 aliphatic carbocycles. The van der Waals surface area contributed by atoms with Crippen LogP contribution in [0, 0.1) is 5.82 Å². The van der Waals surface area contributed by atoms with Crippen molar-refractivity contribution in [2.45, 2.75) is 25.4 Å². The Morgan fingerprint density at radius 2 is 1.91 bits per heavy atom. The molecule has 0 unspecified atom stereocenters. The summed E-state index contributed by atoms with van der Waals surface area (Å²) >= 11 is 6.43. The van der Waals surface area contributed by atoms with E-state index in [0.717, 1.165) is 17.2 Å². The van der Waals surface area contributed by atoms with Gasteiger partial charge in [0.2, 0.25) is 0 Å². The predicted molar refractivity (Wildman–Crippen MR) is 116 cm³/mol. The molecule has 2 aliphatic heterocycles. The molecule has 3 heterocycles. The summed E-state index contributed by atoms with van der Waals surface area (Å²) in [5.41, 5.74) is 6.97. The molecule has 1 amide bonds. The van der Waals surface area contributed by atoms with Gasteiger partial charge in [-0.15, -0.1) is 0 Å². The number of pyridine rings is 1. The summed E-state index contributed by atoms with van der Waals surface area (Å²) in [7, 11) is 0. The summed E-state index contributed by atoms with van der Waals surface area (Å²) in [5, 5.41) is 0.795. The minimum atomic E-state index is -4.87. The van der Waals surface area contributed by atoms with Crippen molar-refractivity contribution >= 4 is 34.2 Å². The van der Waals surface area contributed by atoms with E-state index in [2.05, 4.69) is 4.98 Å². The van der Waals surface area contributed by atoms with Crippen LogP contribution in [0.25, 0.3) is 10.9 Å². The van der Waals surface area contributed by atoms with Gasteiger partial charge in [0.1, 0.15) is 11.6 Å². The Hall–Kier alpha value is -2.95. The first-order valence-electron chi connectivity index (χ1n) is 10.4. The van der Waals surface area contributed by atoms with Crippen LogP contribution in [0.5, 0.6) is 0 Å². The molecule has 0 radical (unpaired) electrons. The second-order valence-corrected chi connectivity index (χ2v) is 8.53. The minimum absolute atomic E-state index is 0.0405. The molecule has 11 heteroatoms. The van der Waals surface area contributed by atoms with Gasteiger partial charge in [-0.2, -0.15) is 13.2 Å². The fourth-order valence-corrected chi connectivity index (χ4v) is 4.64. The van der Waals surface area contributed by atoms with Gasteiger partial charge >= 0.3 is 6.18 Å². The number of hydrogen-bond donors (Lipinski definition) is 1. The van der Waals surface area contributed by atoms with Crippen molar-refractivity contribution < 1.29 is 31.8 Å². The summed E-state index contributed by atoms with van der Waals surface area (Å²) in [6.45, 7) is 0.901. The lowest BCUT2D eigenvalue weighted by molar-refractivity contribution is -0.140. The smallest absolute Gasteiger partial charge is 0.383 e. The fraction of sp³-hybridized carbons (Fsp3) is 0.304. The van der Waals surface area contributed by atoms with Gasteiger partial charge in [0, 0.05) is 17.5 Å². The third kappa shape index (κ3) is 3.85. The van der Waals surface area contributed by atoms with E-state index in [-0.39, 0.29) is 35.9 Å². The lowest BCUT2D eigenvalue weighted by Crippen LogP contribution is -2.43. The van der Waals surface area contributed by atoms with E-state index in [1.165, 1.54) is 17.0 Å². The number of rotatable bonds is 2. The largest absolute Gasteiger partial charge is 0.419 e. The van der Waals surface area contributed by atoms with Crippen molar-refractivity contribution in [1.82, 2.24) is 9.88 Å². The van der Waals surface area contributed by atoms with Crippen molar-refractivity contribution in [3.05, 3.63) is 69.0 Å². The van der Waals surface area contributed by atoms with Crippen LogP contribution in [0.3, 0.4) is 0 Å². The molecule has 0 spiro atoms. The highest BCUT2D eigenvalue weighted by Crippen LogP contribution is 2.37. The number of ether oxygens (including phenoxy) is 2. The number of anilines is 1. The number of hydrogen-bond acceptors (Lipinski definition) is 5. The summed E-state index contributed by atoms with van der Waals surface area (Å²) < 4.78 is 64.5. The number of nitrogens with two attached hydrogens (primary N) is 1. The molecule has 5 rings (SSSR count). The molecule has 2 aromatic carbocycles. The topological polar surface area (TPSA) is 77.7 Å². The third-order valence-electron chi connectivity index (χ3n) is 6.12. The first kappa shape index (κ1) is 22.8. The van der Waals surface area contributed by atoms with E-state index in [4.69, 9.17) is 26.8 Å². The standard InChI is InChI=1S/C23H18ClF4N3O3/c24-17-7-19-12(14-8-34-9-15(14)21(29)30-19)6-13(17)22(32)31-3-4-33-10-20(31)11-1-2-18(25)16(5-11)23(26,27)28/h1-2,5-7,20H,3-4,8-10H2,(H2,29,30)/t20-/m1/s1. The second kappa shape index (κ2) is 8.37. The number of carbonyl (C=O) groups is 1. The molecule has 178 valence electrons. The zero-order valence-electron chi connectivity index (χ0n) is 17.6. The van der Waals surface area contributed by atoms with Crippen molar-refractivity contribution in [3.8, 4) is 0 Å². The molecular formula is C23H18ClF4N3O3. The number of carbonyl (C=O) groups excluding carboxylic acids is 1. The lowest BCUT2D eigenvalue weighted by atomic mass is 9.99. The van der Waals surface area contributed by atoms with Crippen LogP contribution < -0.4 is 5.73 Å². The van der Waals surface area contributed by atoms with Gasteiger partial charge in [-0.25, -0.2) is 9.37 Å². The zero-order valence-corrected chi connectivity index (χ0v) is 18.3. The van der Waals surface area contributed by atoms with Gasteiger partial charge in [-0.3, -0.25) is 4.79 Å². The summed E-state index contributed by atoms with van der Waals surface area (Å²) in [6, 6.07) is 4.98.